The van der Waals surface area contributed by atoms with Crippen LogP contribution in [0.25, 0.3) is 0 Å². The second kappa shape index (κ2) is 4.80. The van der Waals surface area contributed by atoms with Gasteiger partial charge in [0.1, 0.15) is 0 Å². The molecule has 5 heteroatoms. The van der Waals surface area contributed by atoms with Gasteiger partial charge in [0.15, 0.2) is 0 Å². The summed E-state index contributed by atoms with van der Waals surface area (Å²) in [4.78, 5) is 0. The molecule has 1 aliphatic heterocycles. The molecule has 1 aliphatic rings. The standard InChI is InChI=1S/C10H22N2O2S/c1-8-5-4-6-12(10(8)3)15(13,14)9(2)7-11/h8-10H,4-7,11H2,1-3H3. The van der Waals surface area contributed by atoms with Crippen molar-refractivity contribution in [1.29, 1.82) is 0 Å². The summed E-state index contributed by atoms with van der Waals surface area (Å²) in [5.74, 6) is 0.443. The summed E-state index contributed by atoms with van der Waals surface area (Å²) in [6.07, 6.45) is 2.08. The lowest BCUT2D eigenvalue weighted by molar-refractivity contribution is 0.201. The molecule has 0 radical (unpaired) electrons. The third-order valence-electron chi connectivity index (χ3n) is 3.48. The summed E-state index contributed by atoms with van der Waals surface area (Å²) in [6.45, 7) is 6.63. The first kappa shape index (κ1) is 12.9. The number of rotatable bonds is 3. The molecule has 0 bridgehead atoms. The van der Waals surface area contributed by atoms with Gasteiger partial charge in [0, 0.05) is 19.1 Å². The Morgan fingerprint density at radius 3 is 2.60 bits per heavy atom. The zero-order valence-corrected chi connectivity index (χ0v) is 10.6. The van der Waals surface area contributed by atoms with Gasteiger partial charge in [-0.25, -0.2) is 8.42 Å². The van der Waals surface area contributed by atoms with Crippen molar-refractivity contribution < 1.29 is 8.42 Å². The Morgan fingerprint density at radius 1 is 1.47 bits per heavy atom. The fourth-order valence-corrected chi connectivity index (χ4v) is 3.77. The van der Waals surface area contributed by atoms with E-state index in [4.69, 9.17) is 5.73 Å². The number of nitrogens with zero attached hydrogens (tertiary/aromatic N) is 1. The average molecular weight is 234 g/mol. The molecule has 1 fully saturated rings. The van der Waals surface area contributed by atoms with Crippen LogP contribution in [0.5, 0.6) is 0 Å². The van der Waals surface area contributed by atoms with Crippen molar-refractivity contribution in [3.8, 4) is 0 Å². The highest BCUT2D eigenvalue weighted by Crippen LogP contribution is 2.26. The fraction of sp³-hybridized carbons (Fsp3) is 1.00. The van der Waals surface area contributed by atoms with Crippen LogP contribution in [0.3, 0.4) is 0 Å². The monoisotopic (exact) mass is 234 g/mol. The maximum absolute atomic E-state index is 12.1. The molecule has 0 saturated carbocycles. The van der Waals surface area contributed by atoms with E-state index in [-0.39, 0.29) is 12.6 Å². The highest BCUT2D eigenvalue weighted by molar-refractivity contribution is 7.89. The van der Waals surface area contributed by atoms with Crippen LogP contribution in [0, 0.1) is 5.92 Å². The van der Waals surface area contributed by atoms with Crippen molar-refractivity contribution in [3.05, 3.63) is 0 Å². The van der Waals surface area contributed by atoms with Crippen LogP contribution in [-0.4, -0.2) is 37.1 Å². The van der Waals surface area contributed by atoms with Gasteiger partial charge in [-0.2, -0.15) is 4.31 Å². The maximum atomic E-state index is 12.1. The normalized spacial score (nSPS) is 31.5. The van der Waals surface area contributed by atoms with Crippen LogP contribution >= 0.6 is 0 Å². The van der Waals surface area contributed by atoms with Gasteiger partial charge < -0.3 is 5.73 Å². The second-order valence-corrected chi connectivity index (χ2v) is 6.87. The molecular weight excluding hydrogens is 212 g/mol. The lowest BCUT2D eigenvalue weighted by Crippen LogP contribution is -2.50. The minimum atomic E-state index is -3.19. The first-order chi connectivity index (χ1) is 6.91. The van der Waals surface area contributed by atoms with Crippen LogP contribution in [0.2, 0.25) is 0 Å². The van der Waals surface area contributed by atoms with E-state index in [0.717, 1.165) is 12.8 Å². The molecule has 1 saturated heterocycles. The highest BCUT2D eigenvalue weighted by Gasteiger charge is 2.35. The van der Waals surface area contributed by atoms with Gasteiger partial charge in [-0.05, 0) is 32.6 Å². The van der Waals surface area contributed by atoms with E-state index in [1.165, 1.54) is 0 Å². The van der Waals surface area contributed by atoms with Gasteiger partial charge in [-0.3, -0.25) is 0 Å². The van der Waals surface area contributed by atoms with Gasteiger partial charge >= 0.3 is 0 Å². The van der Waals surface area contributed by atoms with Crippen molar-refractivity contribution in [1.82, 2.24) is 4.31 Å². The van der Waals surface area contributed by atoms with Gasteiger partial charge in [0.05, 0.1) is 5.25 Å². The van der Waals surface area contributed by atoms with Crippen molar-refractivity contribution in [3.63, 3.8) is 0 Å². The topological polar surface area (TPSA) is 63.4 Å². The average Bonchev–Trinajstić information content (AvgIpc) is 2.20. The third-order valence-corrected chi connectivity index (χ3v) is 5.86. The molecule has 1 rings (SSSR count). The molecule has 4 nitrogen and oxygen atoms in total. The number of nitrogens with two attached hydrogens (primary N) is 1. The molecule has 0 aromatic heterocycles. The van der Waals surface area contributed by atoms with Gasteiger partial charge in [-0.15, -0.1) is 0 Å². The van der Waals surface area contributed by atoms with Crippen molar-refractivity contribution in [2.45, 2.75) is 44.9 Å². The maximum Gasteiger partial charge on any atom is 0.218 e. The first-order valence-corrected chi connectivity index (χ1v) is 7.12. The van der Waals surface area contributed by atoms with Crippen LogP contribution in [0.4, 0.5) is 0 Å². The molecule has 2 N–H and O–H groups in total. The molecular formula is C10H22N2O2S. The molecule has 3 unspecified atom stereocenters. The van der Waals surface area contributed by atoms with Crippen LogP contribution < -0.4 is 5.73 Å². The summed E-state index contributed by atoms with van der Waals surface area (Å²) in [5.41, 5.74) is 5.44. The number of hydrogen-bond acceptors (Lipinski definition) is 3. The first-order valence-electron chi connectivity index (χ1n) is 5.62. The quantitative estimate of drug-likeness (QED) is 0.785. The zero-order chi connectivity index (χ0) is 11.6. The Bertz CT molecular complexity index is 303. The molecule has 0 spiro atoms. The summed E-state index contributed by atoms with van der Waals surface area (Å²) in [6, 6.07) is 0.109. The number of sulfonamides is 1. The minimum Gasteiger partial charge on any atom is -0.329 e. The molecule has 15 heavy (non-hydrogen) atoms. The molecule has 0 aromatic carbocycles. The Kier molecular flexibility index (Phi) is 4.14. The van der Waals surface area contributed by atoms with Crippen molar-refractivity contribution >= 4 is 10.0 Å². The predicted molar refractivity (Wildman–Crippen MR) is 62.0 cm³/mol. The molecule has 3 atom stereocenters. The van der Waals surface area contributed by atoms with E-state index in [9.17, 15) is 8.42 Å². The molecule has 1 heterocycles. The van der Waals surface area contributed by atoms with E-state index in [2.05, 4.69) is 6.92 Å². The van der Waals surface area contributed by atoms with E-state index >= 15 is 0 Å². The van der Waals surface area contributed by atoms with Crippen LogP contribution in [0.1, 0.15) is 33.6 Å². The summed E-state index contributed by atoms with van der Waals surface area (Å²) in [7, 11) is -3.19. The Morgan fingerprint density at radius 2 is 2.07 bits per heavy atom. The number of piperidine rings is 1. The van der Waals surface area contributed by atoms with Crippen LogP contribution in [0.15, 0.2) is 0 Å². The number of hydrogen-bond donors (Lipinski definition) is 1. The lowest BCUT2D eigenvalue weighted by atomic mass is 9.94. The van der Waals surface area contributed by atoms with Gasteiger partial charge in [-0.1, -0.05) is 6.92 Å². The lowest BCUT2D eigenvalue weighted by Gasteiger charge is -2.38. The van der Waals surface area contributed by atoms with Gasteiger partial charge in [0.2, 0.25) is 10.0 Å². The fourth-order valence-electron chi connectivity index (χ4n) is 2.01. The Hall–Kier alpha value is -0.130. The summed E-state index contributed by atoms with van der Waals surface area (Å²) >= 11 is 0. The molecule has 0 aromatic rings. The van der Waals surface area contributed by atoms with Gasteiger partial charge in [0.25, 0.3) is 0 Å². The zero-order valence-electron chi connectivity index (χ0n) is 9.81. The summed E-state index contributed by atoms with van der Waals surface area (Å²) in [5, 5.41) is -0.467. The highest BCUT2D eigenvalue weighted by atomic mass is 32.2. The van der Waals surface area contributed by atoms with E-state index in [0.29, 0.717) is 12.5 Å². The predicted octanol–water partition coefficient (Wildman–Crippen LogP) is 0.784. The smallest absolute Gasteiger partial charge is 0.218 e. The van der Waals surface area contributed by atoms with E-state index in [1.54, 1.807) is 11.2 Å². The SMILES string of the molecule is CC1CCCN(S(=O)(=O)C(C)CN)C1C. The Balaban J connectivity index is 2.86. The van der Waals surface area contributed by atoms with Crippen molar-refractivity contribution in [2.24, 2.45) is 11.7 Å². The van der Waals surface area contributed by atoms with Crippen molar-refractivity contribution in [2.75, 3.05) is 13.1 Å². The molecule has 0 aliphatic carbocycles. The molecule has 90 valence electrons. The minimum absolute atomic E-state index is 0.109. The third kappa shape index (κ3) is 2.52. The Labute approximate surface area is 92.9 Å². The molecule has 0 amide bonds. The van der Waals surface area contributed by atoms with Crippen LogP contribution in [-0.2, 0) is 10.0 Å². The largest absolute Gasteiger partial charge is 0.329 e. The van der Waals surface area contributed by atoms with E-state index in [1.807, 2.05) is 6.92 Å². The summed E-state index contributed by atoms with van der Waals surface area (Å²) < 4.78 is 25.9. The van der Waals surface area contributed by atoms with E-state index < -0.39 is 15.3 Å². The second-order valence-electron chi connectivity index (χ2n) is 4.56.